The van der Waals surface area contributed by atoms with Crippen LogP contribution in [0.3, 0.4) is 0 Å². The van der Waals surface area contributed by atoms with E-state index in [2.05, 4.69) is 5.32 Å². The highest BCUT2D eigenvalue weighted by atomic mass is 19.4. The van der Waals surface area contributed by atoms with Crippen molar-refractivity contribution in [2.45, 2.75) is 18.5 Å². The lowest BCUT2D eigenvalue weighted by atomic mass is 9.87. The second-order valence-corrected chi connectivity index (χ2v) is 7.75. The van der Waals surface area contributed by atoms with E-state index in [1.807, 2.05) is 61.1 Å². The van der Waals surface area contributed by atoms with Gasteiger partial charge in [0.15, 0.2) is 0 Å². The number of aromatic nitrogens is 1. The fourth-order valence-electron chi connectivity index (χ4n) is 3.67. The van der Waals surface area contributed by atoms with Gasteiger partial charge in [-0.05, 0) is 37.4 Å². The molecule has 4 nitrogen and oxygen atoms in total. The third kappa shape index (κ3) is 5.02. The van der Waals surface area contributed by atoms with Crippen LogP contribution in [0.1, 0.15) is 29.0 Å². The second-order valence-electron chi connectivity index (χ2n) is 7.75. The molecule has 2 aromatic carbocycles. The van der Waals surface area contributed by atoms with Crippen molar-refractivity contribution in [3.8, 4) is 0 Å². The standard InChI is InChI=1S/C23H26F3N3O/c1-28(2)12-11-27-22(30)14-19(16-7-6-8-17(13-16)23(24,25)26)20-15-29(3)21-10-5-4-9-18(20)21/h4-10,13,15,19H,11-12,14H2,1-3H3,(H,27,30)/t19-/m1/s1. The summed E-state index contributed by atoms with van der Waals surface area (Å²) < 4.78 is 41.9. The summed E-state index contributed by atoms with van der Waals surface area (Å²) in [5, 5.41) is 3.81. The number of halogens is 3. The molecular weight excluding hydrogens is 391 g/mol. The van der Waals surface area contributed by atoms with E-state index in [9.17, 15) is 18.0 Å². The largest absolute Gasteiger partial charge is 0.416 e. The predicted octanol–water partition coefficient (Wildman–Crippen LogP) is 4.40. The van der Waals surface area contributed by atoms with E-state index in [-0.39, 0.29) is 12.3 Å². The lowest BCUT2D eigenvalue weighted by molar-refractivity contribution is -0.137. The van der Waals surface area contributed by atoms with Crippen molar-refractivity contribution in [1.82, 2.24) is 14.8 Å². The highest BCUT2D eigenvalue weighted by Crippen LogP contribution is 2.37. The summed E-state index contributed by atoms with van der Waals surface area (Å²) in [6.45, 7) is 1.17. The first kappa shape index (κ1) is 21.9. The summed E-state index contributed by atoms with van der Waals surface area (Å²) in [6, 6.07) is 13.0. The molecule has 1 N–H and O–H groups in total. The molecule has 0 unspecified atom stereocenters. The quantitative estimate of drug-likeness (QED) is 0.619. The molecule has 7 heteroatoms. The second kappa shape index (κ2) is 8.92. The third-order valence-corrected chi connectivity index (χ3v) is 5.19. The van der Waals surface area contributed by atoms with Crippen molar-refractivity contribution in [2.24, 2.45) is 7.05 Å². The van der Waals surface area contributed by atoms with E-state index < -0.39 is 17.7 Å². The number of alkyl halides is 3. The van der Waals surface area contributed by atoms with Gasteiger partial charge >= 0.3 is 6.18 Å². The van der Waals surface area contributed by atoms with Gasteiger partial charge in [-0.1, -0.05) is 36.4 Å². The molecule has 0 spiro atoms. The maximum Gasteiger partial charge on any atom is 0.416 e. The number of carbonyl (C=O) groups excluding carboxylic acids is 1. The molecular formula is C23H26F3N3O. The smallest absolute Gasteiger partial charge is 0.355 e. The first-order chi connectivity index (χ1) is 14.2. The number of carbonyl (C=O) groups is 1. The molecule has 0 radical (unpaired) electrons. The van der Waals surface area contributed by atoms with E-state index in [1.54, 1.807) is 6.07 Å². The molecule has 160 valence electrons. The minimum atomic E-state index is -4.44. The Bertz CT molecular complexity index is 1020. The van der Waals surface area contributed by atoms with Crippen molar-refractivity contribution in [2.75, 3.05) is 27.2 Å². The summed E-state index contributed by atoms with van der Waals surface area (Å²) in [5.74, 6) is -0.676. The number of benzene rings is 2. The van der Waals surface area contributed by atoms with Crippen LogP contribution in [0.4, 0.5) is 13.2 Å². The van der Waals surface area contributed by atoms with Gasteiger partial charge in [-0.2, -0.15) is 13.2 Å². The van der Waals surface area contributed by atoms with Crippen LogP contribution in [0.2, 0.25) is 0 Å². The van der Waals surface area contributed by atoms with Crippen LogP contribution >= 0.6 is 0 Å². The van der Waals surface area contributed by atoms with Gasteiger partial charge in [0.25, 0.3) is 0 Å². The van der Waals surface area contributed by atoms with E-state index in [4.69, 9.17) is 0 Å². The number of amides is 1. The first-order valence-electron chi connectivity index (χ1n) is 9.79. The van der Waals surface area contributed by atoms with E-state index in [0.29, 0.717) is 18.7 Å². The Morgan fingerprint density at radius 2 is 1.87 bits per heavy atom. The highest BCUT2D eigenvalue weighted by Gasteiger charge is 2.32. The van der Waals surface area contributed by atoms with Gasteiger partial charge in [0.1, 0.15) is 0 Å². The lowest BCUT2D eigenvalue weighted by Gasteiger charge is -2.19. The number of likely N-dealkylation sites (N-methyl/N-ethyl adjacent to an activating group) is 1. The Hall–Kier alpha value is -2.80. The maximum atomic E-state index is 13.3. The maximum absolute atomic E-state index is 13.3. The monoisotopic (exact) mass is 417 g/mol. The number of rotatable bonds is 7. The number of hydrogen-bond donors (Lipinski definition) is 1. The van der Waals surface area contributed by atoms with Gasteiger partial charge in [-0.15, -0.1) is 0 Å². The third-order valence-electron chi connectivity index (χ3n) is 5.19. The summed E-state index contributed by atoms with van der Waals surface area (Å²) in [5.41, 5.74) is 1.58. The molecule has 30 heavy (non-hydrogen) atoms. The minimum Gasteiger partial charge on any atom is -0.355 e. The van der Waals surface area contributed by atoms with Crippen LogP contribution in [-0.4, -0.2) is 42.6 Å². The van der Waals surface area contributed by atoms with Crippen molar-refractivity contribution >= 4 is 16.8 Å². The van der Waals surface area contributed by atoms with Gasteiger partial charge in [0.2, 0.25) is 5.91 Å². The van der Waals surface area contributed by atoms with Crippen molar-refractivity contribution in [3.63, 3.8) is 0 Å². The Kier molecular flexibility index (Phi) is 6.51. The van der Waals surface area contributed by atoms with E-state index >= 15 is 0 Å². The lowest BCUT2D eigenvalue weighted by Crippen LogP contribution is -2.32. The number of nitrogens with zero attached hydrogens (tertiary/aromatic N) is 2. The fraction of sp³-hybridized carbons (Fsp3) is 0.348. The van der Waals surface area contributed by atoms with Crippen LogP contribution in [0.25, 0.3) is 10.9 Å². The molecule has 0 aliphatic heterocycles. The van der Waals surface area contributed by atoms with Gasteiger partial charge in [-0.3, -0.25) is 4.79 Å². The summed E-state index contributed by atoms with van der Waals surface area (Å²) in [6.07, 6.45) is -2.46. The molecule has 1 atom stereocenters. The van der Waals surface area contributed by atoms with Gasteiger partial charge < -0.3 is 14.8 Å². The van der Waals surface area contributed by atoms with Crippen molar-refractivity contribution < 1.29 is 18.0 Å². The number of para-hydroxylation sites is 1. The van der Waals surface area contributed by atoms with Crippen LogP contribution in [0.5, 0.6) is 0 Å². The number of fused-ring (bicyclic) bond motifs is 1. The zero-order valence-corrected chi connectivity index (χ0v) is 17.3. The van der Waals surface area contributed by atoms with Crippen LogP contribution < -0.4 is 5.32 Å². The average molecular weight is 417 g/mol. The van der Waals surface area contributed by atoms with Crippen LogP contribution in [0, 0.1) is 0 Å². The average Bonchev–Trinajstić information content (AvgIpc) is 3.02. The molecule has 1 amide bonds. The Balaban J connectivity index is 2.00. The Morgan fingerprint density at radius 3 is 2.57 bits per heavy atom. The molecule has 1 heterocycles. The number of hydrogen-bond acceptors (Lipinski definition) is 2. The summed E-state index contributed by atoms with van der Waals surface area (Å²) >= 11 is 0. The molecule has 3 aromatic rings. The fourth-order valence-corrected chi connectivity index (χ4v) is 3.67. The normalized spacial score (nSPS) is 13.0. The van der Waals surface area contributed by atoms with Gasteiger partial charge in [-0.25, -0.2) is 0 Å². The van der Waals surface area contributed by atoms with Crippen LogP contribution in [-0.2, 0) is 18.0 Å². The van der Waals surface area contributed by atoms with E-state index in [1.165, 1.54) is 6.07 Å². The molecule has 0 saturated heterocycles. The molecule has 0 fully saturated rings. The topological polar surface area (TPSA) is 37.3 Å². The molecule has 3 rings (SSSR count). The van der Waals surface area contributed by atoms with Crippen molar-refractivity contribution in [3.05, 3.63) is 71.4 Å². The number of aryl methyl sites for hydroxylation is 1. The molecule has 0 aliphatic rings. The molecule has 0 bridgehead atoms. The molecule has 1 aromatic heterocycles. The minimum absolute atomic E-state index is 0.0722. The first-order valence-corrected chi connectivity index (χ1v) is 9.79. The zero-order chi connectivity index (χ0) is 21.9. The number of nitrogens with one attached hydrogen (secondary N) is 1. The summed E-state index contributed by atoms with van der Waals surface area (Å²) in [4.78, 5) is 14.6. The molecule has 0 saturated carbocycles. The Labute approximate surface area is 174 Å². The Morgan fingerprint density at radius 1 is 1.13 bits per heavy atom. The van der Waals surface area contributed by atoms with Gasteiger partial charge in [0, 0.05) is 49.6 Å². The van der Waals surface area contributed by atoms with Crippen molar-refractivity contribution in [1.29, 1.82) is 0 Å². The van der Waals surface area contributed by atoms with Crippen LogP contribution in [0.15, 0.2) is 54.7 Å². The highest BCUT2D eigenvalue weighted by molar-refractivity contribution is 5.86. The summed E-state index contributed by atoms with van der Waals surface area (Å²) in [7, 11) is 5.72. The SMILES string of the molecule is CN(C)CCNC(=O)C[C@H](c1cccc(C(F)(F)F)c1)c1cn(C)c2ccccc12. The van der Waals surface area contributed by atoms with E-state index in [0.717, 1.165) is 28.6 Å². The molecule has 0 aliphatic carbocycles. The van der Waals surface area contributed by atoms with Gasteiger partial charge in [0.05, 0.1) is 5.56 Å². The predicted molar refractivity (Wildman–Crippen MR) is 112 cm³/mol. The zero-order valence-electron chi connectivity index (χ0n) is 17.3.